The maximum atomic E-state index is 12.4. The minimum atomic E-state index is -4.13. The summed E-state index contributed by atoms with van der Waals surface area (Å²) >= 11 is 0. The van der Waals surface area contributed by atoms with Gasteiger partial charge in [0.1, 0.15) is 17.2 Å². The monoisotopic (exact) mass is 345 g/mol. The van der Waals surface area contributed by atoms with Crippen molar-refractivity contribution in [1.82, 2.24) is 4.57 Å². The van der Waals surface area contributed by atoms with Crippen LogP contribution in [0, 0.1) is 0 Å². The van der Waals surface area contributed by atoms with Gasteiger partial charge in [-0.1, -0.05) is 0 Å². The van der Waals surface area contributed by atoms with E-state index in [9.17, 15) is 22.0 Å². The van der Waals surface area contributed by atoms with Crippen molar-refractivity contribution in [3.8, 4) is 0 Å². The largest absolute Gasteiger partial charge is 0.459 e. The van der Waals surface area contributed by atoms with E-state index >= 15 is 0 Å². The highest BCUT2D eigenvalue weighted by Gasteiger charge is 2.22. The third kappa shape index (κ3) is 5.60. The molecule has 10 heteroatoms. The highest BCUT2D eigenvalue weighted by molar-refractivity contribution is 8.13. The third-order valence-electron chi connectivity index (χ3n) is 2.36. The molecule has 0 amide bonds. The summed E-state index contributed by atoms with van der Waals surface area (Å²) < 4.78 is 57.8. The molecule has 0 bridgehead atoms. The summed E-state index contributed by atoms with van der Waals surface area (Å²) in [6.45, 7) is 1.43. The second kappa shape index (κ2) is 7.71. The van der Waals surface area contributed by atoms with Gasteiger partial charge in [-0.15, -0.1) is 0 Å². The minimum absolute atomic E-state index is 0.0739. The average molecular weight is 346 g/mol. The number of hydrogen-bond donors (Lipinski definition) is 0. The number of ether oxygens (including phenoxy) is 2. The Morgan fingerprint density at radius 3 is 2.62 bits per heavy atom. The van der Waals surface area contributed by atoms with E-state index in [0.29, 0.717) is 6.61 Å². The van der Waals surface area contributed by atoms with E-state index in [1.807, 2.05) is 0 Å². The molecule has 1 aromatic heterocycles. The zero-order valence-corrected chi connectivity index (χ0v) is 12.7. The van der Waals surface area contributed by atoms with Crippen LogP contribution in [0.3, 0.4) is 0 Å². The van der Waals surface area contributed by atoms with Crippen LogP contribution in [0.1, 0.15) is 17.4 Å². The lowest BCUT2D eigenvalue weighted by Gasteiger charge is -2.08. The first-order valence-corrected chi connectivity index (χ1v) is 8.24. The molecule has 0 saturated heterocycles. The van der Waals surface area contributed by atoms with Gasteiger partial charge < -0.3 is 14.0 Å². The SMILES string of the molecule is CCOCCOC(=O)c1cc(S(=O)(=O)Cl)cn1CC(F)F. The molecule has 21 heavy (non-hydrogen) atoms. The van der Waals surface area contributed by atoms with Crippen LogP contribution in [0.15, 0.2) is 17.2 Å². The van der Waals surface area contributed by atoms with Gasteiger partial charge in [0.25, 0.3) is 15.5 Å². The van der Waals surface area contributed by atoms with Gasteiger partial charge in [0.15, 0.2) is 0 Å². The molecule has 1 aromatic rings. The highest BCUT2D eigenvalue weighted by Crippen LogP contribution is 2.20. The van der Waals surface area contributed by atoms with E-state index in [1.54, 1.807) is 6.92 Å². The fourth-order valence-corrected chi connectivity index (χ4v) is 2.26. The van der Waals surface area contributed by atoms with E-state index in [2.05, 4.69) is 0 Å². The summed E-state index contributed by atoms with van der Waals surface area (Å²) in [7, 11) is 1.00. The lowest BCUT2D eigenvalue weighted by Crippen LogP contribution is -2.17. The molecule has 0 aliphatic heterocycles. The highest BCUT2D eigenvalue weighted by atomic mass is 35.7. The Morgan fingerprint density at radius 1 is 1.43 bits per heavy atom. The molecular formula is C11H14ClF2NO5S. The topological polar surface area (TPSA) is 74.6 Å². The molecule has 0 spiro atoms. The van der Waals surface area contributed by atoms with E-state index in [1.165, 1.54) is 0 Å². The van der Waals surface area contributed by atoms with Crippen molar-refractivity contribution in [2.24, 2.45) is 0 Å². The molecule has 0 aromatic carbocycles. The van der Waals surface area contributed by atoms with E-state index in [4.69, 9.17) is 20.2 Å². The Morgan fingerprint density at radius 2 is 2.10 bits per heavy atom. The van der Waals surface area contributed by atoms with Gasteiger partial charge in [0.2, 0.25) is 0 Å². The fraction of sp³-hybridized carbons (Fsp3) is 0.545. The van der Waals surface area contributed by atoms with Crippen LogP contribution in [-0.4, -0.2) is 45.2 Å². The van der Waals surface area contributed by atoms with E-state index in [0.717, 1.165) is 16.8 Å². The standard InChI is InChI=1S/C11H14ClF2NO5S/c1-2-19-3-4-20-11(16)9-5-8(21(12,17)18)6-15(9)7-10(13)14/h5-6,10H,2-4,7H2,1H3. The van der Waals surface area contributed by atoms with Gasteiger partial charge in [-0.25, -0.2) is 22.0 Å². The average Bonchev–Trinajstić information content (AvgIpc) is 2.77. The Labute approximate surface area is 125 Å². The van der Waals surface area contributed by atoms with Crippen molar-refractivity contribution in [3.63, 3.8) is 0 Å². The molecule has 0 aliphatic carbocycles. The number of halogens is 3. The summed E-state index contributed by atoms with van der Waals surface area (Å²) in [5.41, 5.74) is -0.314. The number of aromatic nitrogens is 1. The van der Waals surface area contributed by atoms with Crippen LogP contribution in [0.25, 0.3) is 0 Å². The maximum absolute atomic E-state index is 12.4. The first kappa shape index (κ1) is 17.9. The number of esters is 1. The van der Waals surface area contributed by atoms with Gasteiger partial charge in [-0.05, 0) is 13.0 Å². The molecule has 0 aliphatic rings. The number of hydrogen-bond acceptors (Lipinski definition) is 5. The number of alkyl halides is 2. The molecular weight excluding hydrogens is 332 g/mol. The summed E-state index contributed by atoms with van der Waals surface area (Å²) in [5.74, 6) is -0.929. The van der Waals surface area contributed by atoms with Crippen LogP contribution in [0.2, 0.25) is 0 Å². The summed E-state index contributed by atoms with van der Waals surface area (Å²) in [6, 6.07) is 0.897. The Bertz CT molecular complexity index is 587. The van der Waals surface area contributed by atoms with Crippen molar-refractivity contribution >= 4 is 25.7 Å². The molecule has 0 fully saturated rings. The van der Waals surface area contributed by atoms with Gasteiger partial charge in [0.05, 0.1) is 13.2 Å². The van der Waals surface area contributed by atoms with Crippen molar-refractivity contribution in [2.75, 3.05) is 19.8 Å². The molecule has 1 heterocycles. The summed E-state index contributed by atoms with van der Waals surface area (Å²) in [5, 5.41) is 0. The summed E-state index contributed by atoms with van der Waals surface area (Å²) in [6.07, 6.45) is -1.90. The predicted octanol–water partition coefficient (Wildman–Crippen LogP) is 1.87. The van der Waals surface area contributed by atoms with E-state index < -0.39 is 32.9 Å². The lowest BCUT2D eigenvalue weighted by molar-refractivity contribution is 0.0319. The second-order valence-electron chi connectivity index (χ2n) is 3.88. The maximum Gasteiger partial charge on any atom is 0.355 e. The number of rotatable bonds is 8. The zero-order chi connectivity index (χ0) is 16.0. The minimum Gasteiger partial charge on any atom is -0.459 e. The summed E-state index contributed by atoms with van der Waals surface area (Å²) in [4.78, 5) is 11.3. The quantitative estimate of drug-likeness (QED) is 0.408. The first-order valence-electron chi connectivity index (χ1n) is 5.93. The van der Waals surface area contributed by atoms with Crippen LogP contribution in [0.5, 0.6) is 0 Å². The smallest absolute Gasteiger partial charge is 0.355 e. The molecule has 0 radical (unpaired) electrons. The van der Waals surface area contributed by atoms with Gasteiger partial charge in [-0.3, -0.25) is 0 Å². The molecule has 120 valence electrons. The zero-order valence-electron chi connectivity index (χ0n) is 11.1. The predicted molar refractivity (Wildman–Crippen MR) is 70.3 cm³/mol. The van der Waals surface area contributed by atoms with Crippen molar-refractivity contribution in [2.45, 2.75) is 24.8 Å². The molecule has 0 N–H and O–H groups in total. The molecule has 0 unspecified atom stereocenters. The van der Waals surface area contributed by atoms with Crippen LogP contribution >= 0.6 is 10.7 Å². The van der Waals surface area contributed by atoms with Crippen LogP contribution < -0.4 is 0 Å². The molecule has 0 saturated carbocycles. The Kier molecular flexibility index (Phi) is 6.56. The van der Waals surface area contributed by atoms with Gasteiger partial charge in [-0.2, -0.15) is 0 Å². The normalized spacial score (nSPS) is 11.9. The van der Waals surface area contributed by atoms with E-state index in [-0.39, 0.29) is 18.9 Å². The third-order valence-corrected chi connectivity index (χ3v) is 3.68. The van der Waals surface area contributed by atoms with Gasteiger partial charge in [0, 0.05) is 23.5 Å². The van der Waals surface area contributed by atoms with Crippen molar-refractivity contribution in [3.05, 3.63) is 18.0 Å². The Balaban J connectivity index is 2.92. The van der Waals surface area contributed by atoms with Crippen LogP contribution in [0.4, 0.5) is 8.78 Å². The number of carbonyl (C=O) groups excluding carboxylic acids is 1. The fourth-order valence-electron chi connectivity index (χ4n) is 1.50. The number of nitrogens with zero attached hydrogens (tertiary/aromatic N) is 1. The van der Waals surface area contributed by atoms with Crippen LogP contribution in [-0.2, 0) is 25.1 Å². The second-order valence-corrected chi connectivity index (χ2v) is 6.44. The van der Waals surface area contributed by atoms with Gasteiger partial charge >= 0.3 is 5.97 Å². The molecule has 1 rings (SSSR count). The van der Waals surface area contributed by atoms with Crippen molar-refractivity contribution < 1.29 is 31.5 Å². The molecule has 0 atom stereocenters. The number of carbonyl (C=O) groups is 1. The lowest BCUT2D eigenvalue weighted by atomic mass is 10.4. The first-order chi connectivity index (χ1) is 9.75. The Hall–Kier alpha value is -1.19. The molecule has 6 nitrogen and oxygen atoms in total. The van der Waals surface area contributed by atoms with Crippen molar-refractivity contribution in [1.29, 1.82) is 0 Å².